The lowest BCUT2D eigenvalue weighted by atomic mass is 10.2. The van der Waals surface area contributed by atoms with Crippen LogP contribution in [0.25, 0.3) is 0 Å². The lowest BCUT2D eigenvalue weighted by Gasteiger charge is -2.33. The van der Waals surface area contributed by atoms with E-state index in [1.54, 1.807) is 0 Å². The van der Waals surface area contributed by atoms with Crippen LogP contribution in [0.3, 0.4) is 0 Å². The first-order valence-electron chi connectivity index (χ1n) is 4.46. The second kappa shape index (κ2) is 4.50. The summed E-state index contributed by atoms with van der Waals surface area (Å²) in [6, 6.07) is 1.03. The van der Waals surface area contributed by atoms with Crippen LogP contribution in [-0.4, -0.2) is 29.4 Å². The van der Waals surface area contributed by atoms with Gasteiger partial charge in [0, 0.05) is 6.61 Å². The largest absolute Gasteiger partial charge is 0.364 e. The van der Waals surface area contributed by atoms with E-state index in [-0.39, 0.29) is 0 Å². The van der Waals surface area contributed by atoms with E-state index in [9.17, 15) is 4.21 Å². The zero-order chi connectivity index (χ0) is 9.03. The van der Waals surface area contributed by atoms with Gasteiger partial charge in [0.1, 0.15) is 4.56 Å². The number of rotatable bonds is 3. The van der Waals surface area contributed by atoms with Gasteiger partial charge in [-0.2, -0.15) is 0 Å². The lowest BCUT2D eigenvalue weighted by molar-refractivity contribution is 0.0337. The first-order valence-corrected chi connectivity index (χ1v) is 7.27. The molecule has 0 aromatic carbocycles. The molecule has 12 heavy (non-hydrogen) atoms. The van der Waals surface area contributed by atoms with E-state index in [1.807, 2.05) is 0 Å². The summed E-state index contributed by atoms with van der Waals surface area (Å²) in [5.41, 5.74) is 0. The fourth-order valence-electron chi connectivity index (χ4n) is 1.63. The molecule has 0 radical (unpaired) electrons. The van der Waals surface area contributed by atoms with Crippen LogP contribution in [0.1, 0.15) is 26.2 Å². The van der Waals surface area contributed by atoms with Crippen LogP contribution in [0.4, 0.5) is 0 Å². The predicted molar refractivity (Wildman–Crippen MR) is 52.3 cm³/mol. The van der Waals surface area contributed by atoms with Gasteiger partial charge in [0.25, 0.3) is 0 Å². The minimum atomic E-state index is -1.77. The Kier molecular flexibility index (Phi) is 3.89. The molecule has 1 aliphatic heterocycles. The average molecular weight is 208 g/mol. The normalized spacial score (nSPS) is 34.2. The Labute approximate surface area is 78.0 Å². The highest BCUT2D eigenvalue weighted by Gasteiger charge is 2.38. The summed E-state index contributed by atoms with van der Waals surface area (Å²) in [6.45, 7) is 2.73. The Bertz CT molecular complexity index is 163. The van der Waals surface area contributed by atoms with Gasteiger partial charge in [-0.3, -0.25) is 0 Å². The minimum absolute atomic E-state index is 0.551. The molecule has 0 aromatic heterocycles. The van der Waals surface area contributed by atoms with E-state index in [4.69, 9.17) is 9.29 Å². The summed E-state index contributed by atoms with van der Waals surface area (Å²) in [5.74, 6) is 0. The van der Waals surface area contributed by atoms with Crippen molar-refractivity contribution in [3.8, 4) is 0 Å². The van der Waals surface area contributed by atoms with E-state index in [0.29, 0.717) is 6.61 Å². The number of hydrogen-bond donors (Lipinski definition) is 1. The van der Waals surface area contributed by atoms with Gasteiger partial charge in [0.2, 0.25) is 0 Å². The molecule has 2 unspecified atom stereocenters. The molecule has 1 heterocycles. The number of ether oxygens (including phenoxy) is 1. The van der Waals surface area contributed by atoms with E-state index in [2.05, 4.69) is 6.92 Å². The molecule has 3 nitrogen and oxygen atoms in total. The van der Waals surface area contributed by atoms with Crippen LogP contribution < -0.4 is 0 Å². The zero-order valence-corrected chi connectivity index (χ0v) is 9.65. The molecule has 0 aromatic rings. The van der Waals surface area contributed by atoms with Crippen molar-refractivity contribution in [2.75, 3.05) is 6.61 Å². The van der Waals surface area contributed by atoms with Crippen molar-refractivity contribution in [1.29, 1.82) is 0 Å². The molecular formula is C7H16O3SSi. The van der Waals surface area contributed by atoms with Crippen molar-refractivity contribution in [2.45, 2.75) is 36.8 Å². The van der Waals surface area contributed by atoms with Crippen molar-refractivity contribution >= 4 is 20.6 Å². The molecule has 1 fully saturated rings. The van der Waals surface area contributed by atoms with Gasteiger partial charge in [-0.1, -0.05) is 13.0 Å². The second-order valence-electron chi connectivity index (χ2n) is 3.22. The van der Waals surface area contributed by atoms with Crippen molar-refractivity contribution in [3.63, 3.8) is 0 Å². The van der Waals surface area contributed by atoms with E-state index < -0.39 is 25.2 Å². The zero-order valence-electron chi connectivity index (χ0n) is 7.41. The van der Waals surface area contributed by atoms with Crippen LogP contribution in [0.2, 0.25) is 6.04 Å². The summed E-state index contributed by atoms with van der Waals surface area (Å²) in [4.78, 5) is 0. The molecule has 0 saturated carbocycles. The third-order valence-corrected chi connectivity index (χ3v) is 6.40. The molecule has 2 atom stereocenters. The SMILES string of the molecule is CC[SiH2]C1(S(=O)O)CCCCO1. The Hall–Kier alpha value is 0.287. The molecule has 1 N–H and O–H groups in total. The average Bonchev–Trinajstić information content (AvgIpc) is 2.06. The Morgan fingerprint density at radius 1 is 1.67 bits per heavy atom. The molecule has 72 valence electrons. The Morgan fingerprint density at radius 3 is 2.83 bits per heavy atom. The quantitative estimate of drug-likeness (QED) is 0.548. The highest BCUT2D eigenvalue weighted by atomic mass is 32.2. The van der Waals surface area contributed by atoms with Crippen molar-refractivity contribution < 1.29 is 13.5 Å². The molecule has 0 spiro atoms. The van der Waals surface area contributed by atoms with Crippen LogP contribution in [0.5, 0.6) is 0 Å². The highest BCUT2D eigenvalue weighted by Crippen LogP contribution is 2.27. The van der Waals surface area contributed by atoms with Crippen LogP contribution >= 0.6 is 0 Å². The monoisotopic (exact) mass is 208 g/mol. The van der Waals surface area contributed by atoms with E-state index >= 15 is 0 Å². The summed E-state index contributed by atoms with van der Waals surface area (Å²) in [7, 11) is -0.551. The maximum absolute atomic E-state index is 11.1. The topological polar surface area (TPSA) is 46.5 Å². The van der Waals surface area contributed by atoms with Gasteiger partial charge in [0.15, 0.2) is 11.1 Å². The first-order chi connectivity index (χ1) is 5.71. The number of hydrogen-bond acceptors (Lipinski definition) is 2. The van der Waals surface area contributed by atoms with E-state index in [0.717, 1.165) is 25.3 Å². The van der Waals surface area contributed by atoms with E-state index in [1.165, 1.54) is 0 Å². The van der Waals surface area contributed by atoms with Gasteiger partial charge >= 0.3 is 0 Å². The standard InChI is InChI=1S/C7H16O3SSi/c1-2-12-7(11(8)9)5-3-4-6-10-7/h2-6,12H2,1H3,(H,8,9). The van der Waals surface area contributed by atoms with Gasteiger partial charge in [0.05, 0.1) is 9.52 Å². The first kappa shape index (κ1) is 10.4. The Morgan fingerprint density at radius 2 is 2.42 bits per heavy atom. The second-order valence-corrected chi connectivity index (χ2v) is 7.61. The smallest absolute Gasteiger partial charge is 0.181 e. The van der Waals surface area contributed by atoms with Crippen LogP contribution in [0.15, 0.2) is 0 Å². The molecule has 1 rings (SSSR count). The third-order valence-electron chi connectivity index (χ3n) is 2.27. The maximum Gasteiger partial charge on any atom is 0.181 e. The fraction of sp³-hybridized carbons (Fsp3) is 1.00. The van der Waals surface area contributed by atoms with Crippen molar-refractivity contribution in [1.82, 2.24) is 0 Å². The molecule has 5 heteroatoms. The predicted octanol–water partition coefficient (Wildman–Crippen LogP) is 0.669. The molecule has 1 saturated heterocycles. The molecular weight excluding hydrogens is 192 g/mol. The van der Waals surface area contributed by atoms with Crippen molar-refractivity contribution in [2.24, 2.45) is 0 Å². The van der Waals surface area contributed by atoms with Crippen LogP contribution in [0, 0.1) is 0 Å². The summed E-state index contributed by atoms with van der Waals surface area (Å²) >= 11 is -1.77. The van der Waals surface area contributed by atoms with Crippen LogP contribution in [-0.2, 0) is 15.8 Å². The van der Waals surface area contributed by atoms with Crippen molar-refractivity contribution in [3.05, 3.63) is 0 Å². The summed E-state index contributed by atoms with van der Waals surface area (Å²) < 4.78 is 25.1. The maximum atomic E-state index is 11.1. The lowest BCUT2D eigenvalue weighted by Crippen LogP contribution is -2.45. The summed E-state index contributed by atoms with van der Waals surface area (Å²) in [6.07, 6.45) is 2.87. The highest BCUT2D eigenvalue weighted by molar-refractivity contribution is 7.82. The summed E-state index contributed by atoms with van der Waals surface area (Å²) in [5, 5.41) is 0. The molecule has 0 bridgehead atoms. The van der Waals surface area contributed by atoms with Gasteiger partial charge < -0.3 is 9.29 Å². The van der Waals surface area contributed by atoms with Gasteiger partial charge in [-0.15, -0.1) is 0 Å². The minimum Gasteiger partial charge on any atom is -0.364 e. The molecule has 0 amide bonds. The molecule has 1 aliphatic rings. The van der Waals surface area contributed by atoms with Gasteiger partial charge in [-0.05, 0) is 19.3 Å². The van der Waals surface area contributed by atoms with Gasteiger partial charge in [-0.25, -0.2) is 4.21 Å². The molecule has 0 aliphatic carbocycles. The Balaban J connectivity index is 2.63. The fourth-order valence-corrected chi connectivity index (χ4v) is 4.99. The third kappa shape index (κ3) is 2.16.